The highest BCUT2D eigenvalue weighted by molar-refractivity contribution is 5.91. The van der Waals surface area contributed by atoms with E-state index in [2.05, 4.69) is 0 Å². The van der Waals surface area contributed by atoms with E-state index in [1.54, 1.807) is 66.6 Å². The molecule has 476 valence electrons. The van der Waals surface area contributed by atoms with Crippen molar-refractivity contribution in [3.63, 3.8) is 0 Å². The second-order valence-corrected chi connectivity index (χ2v) is 23.0. The molecule has 4 aliphatic rings. The molecule has 0 saturated carbocycles. The van der Waals surface area contributed by atoms with Gasteiger partial charge in [0.25, 0.3) is 0 Å². The summed E-state index contributed by atoms with van der Waals surface area (Å²) < 4.78 is 67.2. The third-order valence-electron chi connectivity index (χ3n) is 15.3. The Balaban J connectivity index is 0.00000164. The van der Waals surface area contributed by atoms with Gasteiger partial charge >= 0.3 is 29.8 Å². The molecule has 23 unspecified atom stereocenters. The van der Waals surface area contributed by atoms with Crippen molar-refractivity contribution in [1.82, 2.24) is 4.90 Å². The number of nitrogens with zero attached hydrogens (tertiary/aromatic N) is 1. The number of carbonyl (C=O) groups excluding carboxylic acids is 5. The van der Waals surface area contributed by atoms with Gasteiger partial charge in [0, 0.05) is 58.2 Å². The fourth-order valence-corrected chi connectivity index (χ4v) is 10.9. The third-order valence-corrected chi connectivity index (χ3v) is 15.3. The summed E-state index contributed by atoms with van der Waals surface area (Å²) in [6, 6.07) is -0.786. The minimum atomic E-state index is -2.27. The van der Waals surface area contributed by atoms with E-state index in [-0.39, 0.29) is 44.0 Å². The van der Waals surface area contributed by atoms with E-state index in [9.17, 15) is 48.9 Å². The minimum Gasteiger partial charge on any atom is -0.479 e. The van der Waals surface area contributed by atoms with Crippen LogP contribution in [-0.4, -0.2) is 233 Å². The number of aliphatic hydroxyl groups is 5. The Bertz CT molecular complexity index is 2150. The van der Waals surface area contributed by atoms with E-state index in [0.29, 0.717) is 18.3 Å². The number of carbonyl (C=O) groups is 7. The van der Waals surface area contributed by atoms with E-state index >= 15 is 0 Å². The summed E-state index contributed by atoms with van der Waals surface area (Å²) in [7, 11) is 6.45. The zero-order valence-electron chi connectivity index (χ0n) is 50.5. The predicted molar refractivity (Wildman–Crippen MR) is 290 cm³/mol. The molecule has 0 spiro atoms. The predicted octanol–water partition coefficient (Wildman–Crippen LogP) is 1.88. The average Bonchev–Trinajstić information content (AvgIpc) is 3.27. The van der Waals surface area contributed by atoms with E-state index in [4.69, 9.17) is 72.5 Å². The molecule has 26 heteroatoms. The molecule has 0 aromatic heterocycles. The maximum Gasteiger partial charge on any atom is 0.335 e. The van der Waals surface area contributed by atoms with Crippen molar-refractivity contribution in [3.8, 4) is 0 Å². The van der Waals surface area contributed by atoms with Gasteiger partial charge in [-0.2, -0.15) is 0 Å². The first-order chi connectivity index (χ1) is 38.7. The first-order valence-corrected chi connectivity index (χ1v) is 28.1. The van der Waals surface area contributed by atoms with E-state index in [1.807, 2.05) is 26.8 Å². The maximum absolute atomic E-state index is 14.0. The average molecular weight is 1190 g/mol. The number of aliphatic carboxylic acids is 2. The number of allylic oxidation sites excluding steroid dienone is 3. The molecule has 0 aromatic rings. The van der Waals surface area contributed by atoms with Gasteiger partial charge in [-0.05, 0) is 79.5 Å². The Kier molecular flexibility index (Phi) is 29.4. The molecule has 4 heterocycles. The Hall–Kier alpha value is -4.39. The number of ether oxygens (including phenoxy) is 11. The number of likely N-dealkylation sites (N-methyl/N-ethyl adjacent to an activating group) is 1. The van der Waals surface area contributed by atoms with E-state index in [0.717, 1.165) is 0 Å². The van der Waals surface area contributed by atoms with Crippen LogP contribution in [0, 0.1) is 29.6 Å². The minimum absolute atomic E-state index is 0.0405. The van der Waals surface area contributed by atoms with E-state index < -0.39 is 176 Å². The van der Waals surface area contributed by atoms with Crippen LogP contribution in [0.1, 0.15) is 115 Å². The summed E-state index contributed by atoms with van der Waals surface area (Å²) >= 11 is 0. The summed E-state index contributed by atoms with van der Waals surface area (Å²) in [4.78, 5) is 86.0. The first-order valence-electron chi connectivity index (χ1n) is 28.1. The number of aldehydes is 1. The van der Waals surface area contributed by atoms with Crippen LogP contribution in [0.4, 0.5) is 0 Å². The fourth-order valence-electron chi connectivity index (χ4n) is 10.9. The number of methoxy groups -OCH3 is 2. The van der Waals surface area contributed by atoms with Crippen molar-refractivity contribution in [2.45, 2.75) is 231 Å². The number of hydrogen-bond acceptors (Lipinski definition) is 24. The third kappa shape index (κ3) is 20.9. The lowest BCUT2D eigenvalue weighted by Crippen LogP contribution is -2.65. The fraction of sp³-hybridized carbons (Fsp3) is 0.807. The van der Waals surface area contributed by atoms with Crippen LogP contribution in [0.15, 0.2) is 23.8 Å². The van der Waals surface area contributed by atoms with Gasteiger partial charge in [0.1, 0.15) is 42.4 Å². The molecular weight excluding hydrogens is 1100 g/mol. The molecule has 83 heavy (non-hydrogen) atoms. The molecular formula is C57H93NO25. The normalized spacial score (nSPS) is 38.5. The van der Waals surface area contributed by atoms with Crippen molar-refractivity contribution < 1.29 is 121 Å². The van der Waals surface area contributed by atoms with Crippen LogP contribution in [0.25, 0.3) is 0 Å². The standard InChI is InChI=1S/C53H87NO19.C4H6O6/c1-16-39-36(26-65-52-49(64-15)48(63-14)47(32(8)68-52)71-40(59)21-27(2)3)22-28(4)17-18-37(57)29(5)23-35(19-20-55)45(30(6)38(58)24-41(60)70-39)73-51-44(61)43(54(12)13)46(31(7)67-51)72-42-25-53(11,62)50(33(9)66-42)69-34(10)56;5-1(3(7)8)2(6)4(9)10/h17-18,20,22,27,29-33,35-36,38-39,42-52,58,61-62H,16,19,21,23-26H2,1-15H3;1-2,5-6H,(H,7,8)(H,9,10)/b18-17+,28-22-;. The van der Waals surface area contributed by atoms with Crippen molar-refractivity contribution in [2.24, 2.45) is 29.6 Å². The van der Waals surface area contributed by atoms with Gasteiger partial charge in [0.15, 0.2) is 49.1 Å². The van der Waals surface area contributed by atoms with Gasteiger partial charge in [-0.3, -0.25) is 19.2 Å². The second-order valence-electron chi connectivity index (χ2n) is 23.0. The van der Waals surface area contributed by atoms with Crippen LogP contribution in [-0.2, 0) is 85.7 Å². The van der Waals surface area contributed by atoms with Gasteiger partial charge in [0.05, 0.1) is 49.6 Å². The molecule has 0 aliphatic carbocycles. The molecule has 7 N–H and O–H groups in total. The van der Waals surface area contributed by atoms with Crippen molar-refractivity contribution in [3.05, 3.63) is 23.8 Å². The lowest BCUT2D eigenvalue weighted by Gasteiger charge is -2.50. The van der Waals surface area contributed by atoms with Crippen molar-refractivity contribution in [2.75, 3.05) is 34.9 Å². The molecule has 4 aliphatic heterocycles. The molecule has 0 bridgehead atoms. The topological polar surface area (TPSA) is 366 Å². The number of cyclic esters (lactones) is 1. The number of hydrogen-bond donors (Lipinski definition) is 7. The first kappa shape index (κ1) is 72.9. The lowest BCUT2D eigenvalue weighted by atomic mass is 9.79. The number of aliphatic hydroxyl groups excluding tert-OH is 4. The smallest absolute Gasteiger partial charge is 0.335 e. The van der Waals surface area contributed by atoms with Crippen LogP contribution < -0.4 is 0 Å². The molecule has 0 aromatic carbocycles. The summed E-state index contributed by atoms with van der Waals surface area (Å²) in [6.45, 7) is 18.8. The van der Waals surface area contributed by atoms with Crippen LogP contribution >= 0.6 is 0 Å². The molecule has 26 nitrogen and oxygen atoms in total. The molecule has 0 radical (unpaired) electrons. The Morgan fingerprint density at radius 1 is 0.831 bits per heavy atom. The highest BCUT2D eigenvalue weighted by Gasteiger charge is 2.53. The van der Waals surface area contributed by atoms with Crippen LogP contribution in [0.5, 0.6) is 0 Å². The summed E-state index contributed by atoms with van der Waals surface area (Å²) in [6.07, 6.45) is -13.0. The SMILES string of the molecule is CCC1OC(=O)CC(O)C(C)C(OC2OC(C)C(OC3CC(C)(O)C(OC(C)=O)C(C)O3)C(N(C)C)C2O)C(CC=O)CC(C)C(=O)/C=C/C(C)=C\C1COC1OC(C)C(OC(=O)CC(C)C)C(OC)C1OC.O=C(O)C(O)C(O)C(=O)O. The zero-order chi connectivity index (χ0) is 63.0. The maximum atomic E-state index is 14.0. The Morgan fingerprint density at radius 2 is 1.42 bits per heavy atom. The van der Waals surface area contributed by atoms with Gasteiger partial charge in [-0.1, -0.05) is 52.3 Å². The second kappa shape index (κ2) is 33.5. The lowest BCUT2D eigenvalue weighted by molar-refractivity contribution is -0.342. The highest BCUT2D eigenvalue weighted by Crippen LogP contribution is 2.38. The molecule has 0 amide bonds. The molecule has 23 atom stereocenters. The van der Waals surface area contributed by atoms with Crippen molar-refractivity contribution >= 4 is 41.9 Å². The summed E-state index contributed by atoms with van der Waals surface area (Å²) in [5, 5.41) is 67.9. The number of ketones is 1. The van der Waals surface area contributed by atoms with E-state index in [1.165, 1.54) is 34.1 Å². The Labute approximate surface area is 485 Å². The number of carboxylic acids is 2. The number of carboxylic acid groups (broad SMARTS) is 2. The highest BCUT2D eigenvalue weighted by atomic mass is 16.7. The summed E-state index contributed by atoms with van der Waals surface area (Å²) in [5.41, 5.74) is -0.840. The van der Waals surface area contributed by atoms with Crippen LogP contribution in [0.2, 0.25) is 0 Å². The van der Waals surface area contributed by atoms with Crippen molar-refractivity contribution in [1.29, 1.82) is 0 Å². The number of rotatable bonds is 20. The van der Waals surface area contributed by atoms with Gasteiger partial charge < -0.3 is 97.5 Å². The van der Waals surface area contributed by atoms with Gasteiger partial charge in [-0.15, -0.1) is 0 Å². The van der Waals surface area contributed by atoms with Gasteiger partial charge in [-0.25, -0.2) is 9.59 Å². The number of esters is 3. The van der Waals surface area contributed by atoms with Crippen LogP contribution in [0.3, 0.4) is 0 Å². The molecule has 4 rings (SSSR count). The Morgan fingerprint density at radius 3 is 1.94 bits per heavy atom. The zero-order valence-corrected chi connectivity index (χ0v) is 50.5. The largest absolute Gasteiger partial charge is 0.479 e. The molecule has 3 fully saturated rings. The molecule has 3 saturated heterocycles. The monoisotopic (exact) mass is 1190 g/mol. The van der Waals surface area contributed by atoms with Gasteiger partial charge in [0.2, 0.25) is 0 Å². The quantitative estimate of drug-likeness (QED) is 0.0520. The summed E-state index contributed by atoms with van der Waals surface area (Å²) in [5.74, 6) is -8.17.